The number of hydrogen-bond acceptors (Lipinski definition) is 5. The van der Waals surface area contributed by atoms with E-state index < -0.39 is 0 Å². The molecule has 148 valence electrons. The minimum Gasteiger partial charge on any atom is -0.493 e. The summed E-state index contributed by atoms with van der Waals surface area (Å²) in [5, 5.41) is 0. The molecule has 0 aromatic heterocycles. The van der Waals surface area contributed by atoms with Crippen LogP contribution in [0.2, 0.25) is 0 Å². The van der Waals surface area contributed by atoms with Gasteiger partial charge in [-0.3, -0.25) is 4.79 Å². The molecule has 1 aliphatic heterocycles. The molecule has 2 aromatic carbocycles. The van der Waals surface area contributed by atoms with E-state index in [1.807, 2.05) is 18.2 Å². The standard InChI is InChI=1S/C22H27N3O3/c1-27-20-7-6-14(8-21(20)28-19-4-2-3-5-19)15-9-22(26)25(13-15)18-11-16(23)10-17(24)12-18/h6-8,10-12,15,19H,2-5,9,13,23-24H2,1H3/t15-/m0/s1. The molecule has 1 saturated carbocycles. The van der Waals surface area contributed by atoms with Crippen molar-refractivity contribution >= 4 is 23.0 Å². The fourth-order valence-electron chi connectivity index (χ4n) is 4.22. The molecule has 4 rings (SSSR count). The number of rotatable bonds is 5. The first-order valence-electron chi connectivity index (χ1n) is 9.84. The minimum atomic E-state index is 0.0732. The Morgan fingerprint density at radius 3 is 2.39 bits per heavy atom. The van der Waals surface area contributed by atoms with Crippen LogP contribution in [0, 0.1) is 0 Å². The first-order valence-corrected chi connectivity index (χ1v) is 9.84. The van der Waals surface area contributed by atoms with Crippen LogP contribution in [0.3, 0.4) is 0 Å². The number of methoxy groups -OCH3 is 1. The van der Waals surface area contributed by atoms with Crippen LogP contribution in [-0.2, 0) is 4.79 Å². The van der Waals surface area contributed by atoms with E-state index in [1.165, 1.54) is 12.8 Å². The van der Waals surface area contributed by atoms with Crippen molar-refractivity contribution in [3.8, 4) is 11.5 Å². The van der Waals surface area contributed by atoms with Gasteiger partial charge in [0.15, 0.2) is 11.5 Å². The number of nitrogen functional groups attached to an aromatic ring is 2. The van der Waals surface area contributed by atoms with Crippen molar-refractivity contribution in [3.05, 3.63) is 42.0 Å². The van der Waals surface area contributed by atoms with Gasteiger partial charge in [0.05, 0.1) is 13.2 Å². The van der Waals surface area contributed by atoms with Gasteiger partial charge in [0.25, 0.3) is 0 Å². The maximum absolute atomic E-state index is 12.7. The van der Waals surface area contributed by atoms with Crippen molar-refractivity contribution in [2.45, 2.75) is 44.1 Å². The average molecular weight is 381 g/mol. The molecule has 6 nitrogen and oxygen atoms in total. The van der Waals surface area contributed by atoms with Gasteiger partial charge >= 0.3 is 0 Å². The van der Waals surface area contributed by atoms with Crippen LogP contribution in [0.4, 0.5) is 17.1 Å². The fourth-order valence-corrected chi connectivity index (χ4v) is 4.22. The molecule has 0 spiro atoms. The molecule has 1 atom stereocenters. The molecule has 0 radical (unpaired) electrons. The Hall–Kier alpha value is -2.89. The second kappa shape index (κ2) is 7.62. The van der Waals surface area contributed by atoms with E-state index >= 15 is 0 Å². The quantitative estimate of drug-likeness (QED) is 0.771. The number of anilines is 3. The maximum Gasteiger partial charge on any atom is 0.227 e. The number of carbonyl (C=O) groups is 1. The smallest absolute Gasteiger partial charge is 0.227 e. The summed E-state index contributed by atoms with van der Waals surface area (Å²) >= 11 is 0. The molecule has 1 amide bonds. The van der Waals surface area contributed by atoms with Gasteiger partial charge < -0.3 is 25.8 Å². The summed E-state index contributed by atoms with van der Waals surface area (Å²) in [6.07, 6.45) is 5.29. The van der Waals surface area contributed by atoms with Crippen molar-refractivity contribution < 1.29 is 14.3 Å². The topological polar surface area (TPSA) is 90.8 Å². The Morgan fingerprint density at radius 2 is 1.71 bits per heavy atom. The van der Waals surface area contributed by atoms with E-state index in [0.717, 1.165) is 35.6 Å². The number of nitrogens with zero attached hydrogens (tertiary/aromatic N) is 1. The van der Waals surface area contributed by atoms with E-state index in [9.17, 15) is 4.79 Å². The highest BCUT2D eigenvalue weighted by molar-refractivity contribution is 5.97. The molecule has 2 aliphatic rings. The first-order chi connectivity index (χ1) is 13.5. The van der Waals surface area contributed by atoms with E-state index in [0.29, 0.717) is 24.3 Å². The van der Waals surface area contributed by atoms with Crippen LogP contribution in [-0.4, -0.2) is 25.7 Å². The third-order valence-electron chi connectivity index (χ3n) is 5.65. The second-order valence-corrected chi connectivity index (χ2v) is 7.70. The van der Waals surface area contributed by atoms with Gasteiger partial charge in [-0.1, -0.05) is 6.07 Å². The number of ether oxygens (including phenoxy) is 2. The third kappa shape index (κ3) is 3.72. The van der Waals surface area contributed by atoms with Crippen LogP contribution in [0.5, 0.6) is 11.5 Å². The van der Waals surface area contributed by atoms with Crippen LogP contribution < -0.4 is 25.8 Å². The summed E-state index contributed by atoms with van der Waals surface area (Å²) in [4.78, 5) is 14.4. The summed E-state index contributed by atoms with van der Waals surface area (Å²) in [7, 11) is 1.65. The SMILES string of the molecule is COc1ccc([C@H]2CC(=O)N(c3cc(N)cc(N)c3)C2)cc1OC1CCCC1. The summed E-state index contributed by atoms with van der Waals surface area (Å²) in [6, 6.07) is 11.3. The van der Waals surface area contributed by atoms with Crippen LogP contribution in [0.25, 0.3) is 0 Å². The third-order valence-corrected chi connectivity index (χ3v) is 5.65. The predicted molar refractivity (Wildman–Crippen MR) is 111 cm³/mol. The molecule has 1 saturated heterocycles. The van der Waals surface area contributed by atoms with Crippen LogP contribution in [0.1, 0.15) is 43.6 Å². The second-order valence-electron chi connectivity index (χ2n) is 7.70. The summed E-state index contributed by atoms with van der Waals surface area (Å²) < 4.78 is 11.7. The molecule has 2 aromatic rings. The van der Waals surface area contributed by atoms with Crippen molar-refractivity contribution in [1.82, 2.24) is 0 Å². The van der Waals surface area contributed by atoms with Crippen LogP contribution >= 0.6 is 0 Å². The molecule has 4 N–H and O–H groups in total. The highest BCUT2D eigenvalue weighted by Gasteiger charge is 2.32. The van der Waals surface area contributed by atoms with E-state index in [2.05, 4.69) is 0 Å². The lowest BCUT2D eigenvalue weighted by Crippen LogP contribution is -2.24. The molecular weight excluding hydrogens is 354 g/mol. The zero-order chi connectivity index (χ0) is 19.7. The lowest BCUT2D eigenvalue weighted by molar-refractivity contribution is -0.117. The fraction of sp³-hybridized carbons (Fsp3) is 0.409. The molecule has 1 heterocycles. The molecule has 2 fully saturated rings. The van der Waals surface area contributed by atoms with Gasteiger partial charge in [0.1, 0.15) is 0 Å². The Kier molecular flexibility index (Phi) is 5.03. The number of hydrogen-bond donors (Lipinski definition) is 2. The predicted octanol–water partition coefficient (Wildman–Crippen LogP) is 3.70. The normalized spacial score (nSPS) is 20.0. The zero-order valence-electron chi connectivity index (χ0n) is 16.2. The Balaban J connectivity index is 1.56. The lowest BCUT2D eigenvalue weighted by Gasteiger charge is -2.20. The number of amides is 1. The summed E-state index contributed by atoms with van der Waals surface area (Å²) in [5.74, 6) is 1.67. The number of nitrogens with two attached hydrogens (primary N) is 2. The summed E-state index contributed by atoms with van der Waals surface area (Å²) in [5.41, 5.74) is 14.8. The van der Waals surface area contributed by atoms with Crippen molar-refractivity contribution in [1.29, 1.82) is 0 Å². The minimum absolute atomic E-state index is 0.0732. The zero-order valence-corrected chi connectivity index (χ0v) is 16.2. The average Bonchev–Trinajstić information content (AvgIpc) is 3.30. The Bertz CT molecular complexity index is 857. The molecular formula is C22H27N3O3. The van der Waals surface area contributed by atoms with Gasteiger partial charge in [-0.15, -0.1) is 0 Å². The summed E-state index contributed by atoms with van der Waals surface area (Å²) in [6.45, 7) is 0.594. The van der Waals surface area contributed by atoms with Gasteiger partial charge in [-0.05, 0) is 61.6 Å². The Morgan fingerprint density at radius 1 is 1.00 bits per heavy atom. The van der Waals surface area contributed by atoms with E-state index in [-0.39, 0.29) is 17.9 Å². The molecule has 1 aliphatic carbocycles. The van der Waals surface area contributed by atoms with Crippen LogP contribution in [0.15, 0.2) is 36.4 Å². The maximum atomic E-state index is 12.7. The molecule has 0 unspecified atom stereocenters. The van der Waals surface area contributed by atoms with Crippen molar-refractivity contribution in [2.24, 2.45) is 0 Å². The monoisotopic (exact) mass is 381 g/mol. The van der Waals surface area contributed by atoms with Gasteiger partial charge in [0.2, 0.25) is 5.91 Å². The largest absolute Gasteiger partial charge is 0.493 e. The number of benzene rings is 2. The van der Waals surface area contributed by atoms with Gasteiger partial charge in [-0.25, -0.2) is 0 Å². The lowest BCUT2D eigenvalue weighted by atomic mass is 9.98. The molecule has 6 heteroatoms. The van der Waals surface area contributed by atoms with Gasteiger partial charge in [-0.2, -0.15) is 0 Å². The first kappa shape index (κ1) is 18.5. The van der Waals surface area contributed by atoms with Gasteiger partial charge in [0, 0.05) is 35.9 Å². The van der Waals surface area contributed by atoms with E-state index in [1.54, 1.807) is 30.2 Å². The Labute approximate surface area is 165 Å². The van der Waals surface area contributed by atoms with Crippen molar-refractivity contribution in [3.63, 3.8) is 0 Å². The molecule has 0 bridgehead atoms. The number of carbonyl (C=O) groups excluding carboxylic acids is 1. The highest BCUT2D eigenvalue weighted by atomic mass is 16.5. The van der Waals surface area contributed by atoms with Crippen molar-refractivity contribution in [2.75, 3.05) is 30.0 Å². The van der Waals surface area contributed by atoms with E-state index in [4.69, 9.17) is 20.9 Å². The highest BCUT2D eigenvalue weighted by Crippen LogP contribution is 2.38. The molecule has 28 heavy (non-hydrogen) atoms.